The van der Waals surface area contributed by atoms with Crippen molar-refractivity contribution in [3.63, 3.8) is 0 Å². The van der Waals surface area contributed by atoms with Gasteiger partial charge in [-0.3, -0.25) is 13.7 Å². The second kappa shape index (κ2) is 32.8. The van der Waals surface area contributed by atoms with Crippen molar-refractivity contribution in [2.75, 3.05) is 10.6 Å². The van der Waals surface area contributed by atoms with E-state index in [-0.39, 0.29) is 81.2 Å². The van der Waals surface area contributed by atoms with Gasteiger partial charge in [0.2, 0.25) is 5.69 Å². The van der Waals surface area contributed by atoms with Crippen LogP contribution in [0.15, 0.2) is 230 Å². The number of benzene rings is 10. The number of hydrogen-bond acceptors (Lipinski definition) is 32. The SMILES string of the molecule is Cc1cccc(Nc2ccc3c(O)c(N=Nc4ccc(/C=C/c5ccc(N=[N+]([O-])c6ccc(/C=C/c7ccc(N=Nc8c(S(=O)(=O)O)cc9cc(Nc%10cccc(SOOO)c%10)ccc9c8O)cc7S(=O)(=O)O)c(SOOO)c6)cc5S(=O)(=O)O)c(SOOO)c4)c(SOOO)cc3c2)c1. The molecule has 0 spiro atoms. The van der Waals surface area contributed by atoms with E-state index < -0.39 is 56.5 Å². The summed E-state index contributed by atoms with van der Waals surface area (Å²) in [6.07, 6.45) is 5.16. The molecule has 100 heavy (non-hydrogen) atoms. The van der Waals surface area contributed by atoms with Gasteiger partial charge in [0.25, 0.3) is 30.4 Å². The molecule has 0 radical (unpaired) electrons. The van der Waals surface area contributed by atoms with Gasteiger partial charge < -0.3 is 26.1 Å². The number of hydrogen-bond donors (Lipinski definition) is 11. The third-order valence-electron chi connectivity index (χ3n) is 13.8. The molecule has 10 aromatic carbocycles. The number of nitrogens with one attached hydrogen (secondary N) is 2. The zero-order chi connectivity index (χ0) is 71.3. The van der Waals surface area contributed by atoms with E-state index in [0.29, 0.717) is 86.5 Å². The minimum atomic E-state index is -5.12. The number of nitrogens with zero attached hydrogens (tertiary/aromatic N) is 6. The van der Waals surface area contributed by atoms with Crippen molar-refractivity contribution in [3.05, 3.63) is 203 Å². The van der Waals surface area contributed by atoms with E-state index in [2.05, 4.69) is 65.0 Å². The van der Waals surface area contributed by atoms with E-state index in [4.69, 9.17) is 29.7 Å². The summed E-state index contributed by atoms with van der Waals surface area (Å²) in [5.41, 5.74) is 2.15. The average molecular weight is 1500 g/mol. The Bertz CT molecular complexity index is 5290. The smallest absolute Gasteiger partial charge is 0.296 e. The molecular formula is C61H46N8O24S7. The molecular weight excluding hydrogens is 1450 g/mol. The highest BCUT2D eigenvalue weighted by molar-refractivity contribution is 7.95. The standard InChI is InChI=1S/C61H46N8O24S7/c1-34-4-2-5-41(24-34)62-43-19-22-50-39(25-43)27-54(97-93-89-76)58(60(50)70)66-64-45-16-12-35(52(30-45)95-91-87-74)8-10-38-14-18-47(32-56(38)99(80,81)82)68-69(72)48-21-15-36(53(33-48)96-92-88-75)9-11-37-13-17-46(31-55(37)98(77,78)79)65-67-59-57(100(83,84)85)28-40-26-44(20-23-51(40)61(59)71)63-42-6-3-7-49(29-42)94-90-86-73/h2-33,62-63,70-71,73-76H,1H3,(H,77,78,79)(H,80,81,82)(H,83,84,85)/b10-8+,11-9+,66-64?,67-65?,69-68?. The van der Waals surface area contributed by atoms with Gasteiger partial charge in [0.05, 0.1) is 69.3 Å². The number of aryl methyl sites for hydroxylation is 1. The Morgan fingerprint density at radius 2 is 0.880 bits per heavy atom. The van der Waals surface area contributed by atoms with Crippen molar-refractivity contribution in [1.29, 1.82) is 0 Å². The van der Waals surface area contributed by atoms with Crippen LogP contribution in [0.3, 0.4) is 0 Å². The molecule has 32 nitrogen and oxygen atoms in total. The highest BCUT2D eigenvalue weighted by Crippen LogP contribution is 2.47. The van der Waals surface area contributed by atoms with Crippen LogP contribution in [0.25, 0.3) is 45.8 Å². The number of anilines is 4. The highest BCUT2D eigenvalue weighted by Gasteiger charge is 2.25. The zero-order valence-corrected chi connectivity index (χ0v) is 55.9. The van der Waals surface area contributed by atoms with Crippen LogP contribution in [-0.2, 0) is 67.8 Å². The summed E-state index contributed by atoms with van der Waals surface area (Å²) in [5.74, 6) is -1.04. The number of phenols is 2. The van der Waals surface area contributed by atoms with Gasteiger partial charge in [-0.25, -0.2) is 21.0 Å². The lowest BCUT2D eigenvalue weighted by Gasteiger charge is -2.12. The van der Waals surface area contributed by atoms with E-state index in [1.165, 1.54) is 103 Å². The van der Waals surface area contributed by atoms with Gasteiger partial charge in [-0.15, -0.1) is 27.6 Å². The predicted octanol–water partition coefficient (Wildman–Crippen LogP) is 17.8. The monoisotopic (exact) mass is 1500 g/mol. The molecule has 0 aliphatic carbocycles. The topological polar surface area (TPSA) is 470 Å². The second-order valence-corrected chi connectivity index (χ2v) is 27.5. The normalized spacial score (nSPS) is 12.5. The summed E-state index contributed by atoms with van der Waals surface area (Å²) < 4.78 is 126. The molecule has 0 saturated heterocycles. The number of phenolic OH excluding ortho intramolecular Hbond substituents is 2. The number of fused-ring (bicyclic) bond motifs is 2. The van der Waals surface area contributed by atoms with Gasteiger partial charge in [0.1, 0.15) is 31.7 Å². The Hall–Kier alpha value is -9.35. The summed E-state index contributed by atoms with van der Waals surface area (Å²) in [4.78, 5) is -1.40. The van der Waals surface area contributed by atoms with Crippen LogP contribution in [0.5, 0.6) is 11.5 Å². The molecule has 0 atom stereocenters. The molecule has 0 unspecified atom stereocenters. The second-order valence-electron chi connectivity index (χ2n) is 20.3. The van der Waals surface area contributed by atoms with E-state index in [1.807, 2.05) is 31.2 Å². The van der Waals surface area contributed by atoms with Crippen LogP contribution in [-0.4, -0.2) is 75.0 Å². The van der Waals surface area contributed by atoms with Gasteiger partial charge in [0, 0.05) is 60.6 Å². The molecule has 0 aromatic heterocycles. The first-order valence-corrected chi connectivity index (χ1v) is 34.9. The molecule has 0 aliphatic heterocycles. The van der Waals surface area contributed by atoms with Crippen LogP contribution >= 0.6 is 48.2 Å². The molecule has 516 valence electrons. The molecule has 0 bridgehead atoms. The van der Waals surface area contributed by atoms with E-state index >= 15 is 0 Å². The van der Waals surface area contributed by atoms with Crippen LogP contribution in [0.2, 0.25) is 0 Å². The quantitative estimate of drug-likeness (QED) is 0.00394. The maximum atomic E-state index is 13.6. The van der Waals surface area contributed by atoms with Crippen molar-refractivity contribution in [2.45, 2.75) is 41.2 Å². The Morgan fingerprint density at radius 1 is 0.430 bits per heavy atom. The van der Waals surface area contributed by atoms with E-state index in [9.17, 15) is 54.3 Å². The maximum Gasteiger partial charge on any atom is 0.296 e. The first kappa shape index (κ1) is 73.4. The summed E-state index contributed by atoms with van der Waals surface area (Å²) in [5, 5.41) is 115. The highest BCUT2D eigenvalue weighted by atomic mass is 32.2. The average Bonchev–Trinajstić information content (AvgIpc) is 0.772. The van der Waals surface area contributed by atoms with Crippen molar-refractivity contribution in [1.82, 2.24) is 0 Å². The van der Waals surface area contributed by atoms with Crippen molar-refractivity contribution >= 4 is 181 Å². The van der Waals surface area contributed by atoms with Crippen molar-refractivity contribution < 1.29 is 113 Å². The van der Waals surface area contributed by atoms with Gasteiger partial charge >= 0.3 is 0 Å². The minimum Gasteiger partial charge on any atom is -0.594 e. The molecule has 0 aliphatic rings. The molecule has 0 heterocycles. The largest absolute Gasteiger partial charge is 0.594 e. The zero-order valence-electron chi connectivity index (χ0n) is 50.2. The van der Waals surface area contributed by atoms with E-state index in [0.717, 1.165) is 29.4 Å². The fraction of sp³-hybridized carbons (Fsp3) is 0.0164. The van der Waals surface area contributed by atoms with Crippen molar-refractivity contribution in [2.24, 2.45) is 25.6 Å². The predicted molar refractivity (Wildman–Crippen MR) is 365 cm³/mol. The molecule has 0 saturated carbocycles. The number of azo groups is 3. The van der Waals surface area contributed by atoms with Gasteiger partial charge in [-0.05, 0) is 167 Å². The summed E-state index contributed by atoms with van der Waals surface area (Å²) in [6.45, 7) is 1.95. The molecule has 10 aromatic rings. The van der Waals surface area contributed by atoms with Crippen LogP contribution < -0.4 is 10.6 Å². The Balaban J connectivity index is 0.871. The Labute approximate surface area is 581 Å². The third-order valence-corrected chi connectivity index (χ3v) is 19.0. The van der Waals surface area contributed by atoms with E-state index in [1.54, 1.807) is 48.5 Å². The Kier molecular flexibility index (Phi) is 24.0. The summed E-state index contributed by atoms with van der Waals surface area (Å²) in [6, 6.07) is 41.2. The molecule has 0 amide bonds. The lowest BCUT2D eigenvalue weighted by atomic mass is 10.1. The van der Waals surface area contributed by atoms with Gasteiger partial charge in [-0.1, -0.05) is 85.7 Å². The lowest BCUT2D eigenvalue weighted by Crippen LogP contribution is -2.01. The number of aromatic hydroxyl groups is 2. The third kappa shape index (κ3) is 18.7. The minimum absolute atomic E-state index is 0.00315. The van der Waals surface area contributed by atoms with Crippen LogP contribution in [0.1, 0.15) is 27.8 Å². The Morgan fingerprint density at radius 3 is 1.45 bits per heavy atom. The first-order valence-electron chi connectivity index (χ1n) is 27.7. The lowest BCUT2D eigenvalue weighted by molar-refractivity contribution is -0.435. The fourth-order valence-corrected chi connectivity index (χ4v) is 13.5. The van der Waals surface area contributed by atoms with Gasteiger partial charge in [0.15, 0.2) is 11.5 Å². The van der Waals surface area contributed by atoms with Crippen LogP contribution in [0.4, 0.5) is 56.9 Å². The van der Waals surface area contributed by atoms with Gasteiger partial charge in [-0.2, -0.15) is 35.5 Å². The summed E-state index contributed by atoms with van der Waals surface area (Å²) in [7, 11) is -15.3. The fourth-order valence-electron chi connectivity index (χ4n) is 9.48. The number of rotatable bonds is 29. The van der Waals surface area contributed by atoms with Crippen LogP contribution in [0, 0.1) is 12.1 Å². The summed E-state index contributed by atoms with van der Waals surface area (Å²) >= 11 is 2.09. The molecule has 11 N–H and O–H groups in total. The maximum absolute atomic E-state index is 13.6. The molecule has 39 heteroatoms. The molecule has 10 rings (SSSR count). The molecule has 0 fully saturated rings. The van der Waals surface area contributed by atoms with Crippen molar-refractivity contribution in [3.8, 4) is 11.5 Å². The first-order chi connectivity index (χ1) is 47.9.